The second-order valence-electron chi connectivity index (χ2n) is 4.42. The topological polar surface area (TPSA) is 91.2 Å². The lowest BCUT2D eigenvalue weighted by molar-refractivity contribution is -0.385. The second kappa shape index (κ2) is 5.05. The van der Waals surface area contributed by atoms with E-state index in [-0.39, 0.29) is 23.7 Å². The third kappa shape index (κ3) is 2.87. The van der Waals surface area contributed by atoms with Gasteiger partial charge in [-0.2, -0.15) is 0 Å². The van der Waals surface area contributed by atoms with E-state index < -0.39 is 4.92 Å². The zero-order valence-electron chi connectivity index (χ0n) is 10.6. The Morgan fingerprint density at radius 1 is 1.47 bits per heavy atom. The number of nitrogens with zero attached hydrogens (tertiary/aromatic N) is 3. The summed E-state index contributed by atoms with van der Waals surface area (Å²) in [5.41, 5.74) is -0.481. The molecule has 0 bridgehead atoms. The molecule has 0 spiro atoms. The maximum atomic E-state index is 11.6. The average Bonchev–Trinajstić information content (AvgIpc) is 2.80. The Morgan fingerprint density at radius 3 is 2.79 bits per heavy atom. The lowest BCUT2D eigenvalue weighted by Crippen LogP contribution is -2.19. The molecule has 2 aromatic heterocycles. The zero-order chi connectivity index (χ0) is 14.0. The average molecular weight is 263 g/mol. The van der Waals surface area contributed by atoms with Crippen molar-refractivity contribution in [3.63, 3.8) is 0 Å². The smallest absolute Gasteiger partial charge is 0.285 e. The van der Waals surface area contributed by atoms with Gasteiger partial charge in [0.2, 0.25) is 5.89 Å². The van der Waals surface area contributed by atoms with Gasteiger partial charge >= 0.3 is 0 Å². The molecule has 0 saturated heterocycles. The van der Waals surface area contributed by atoms with Crippen LogP contribution in [0.5, 0.6) is 0 Å². The number of aromatic nitrogens is 2. The van der Waals surface area contributed by atoms with Gasteiger partial charge in [-0.05, 0) is 0 Å². The van der Waals surface area contributed by atoms with Crippen LogP contribution in [0.15, 0.2) is 33.7 Å². The number of pyridine rings is 1. The van der Waals surface area contributed by atoms with E-state index in [9.17, 15) is 14.9 Å². The molecule has 0 amide bonds. The summed E-state index contributed by atoms with van der Waals surface area (Å²) in [6, 6.07) is 2.33. The number of hydrogen-bond acceptors (Lipinski definition) is 5. The highest BCUT2D eigenvalue weighted by molar-refractivity contribution is 5.25. The first kappa shape index (κ1) is 13.0. The molecule has 19 heavy (non-hydrogen) atoms. The van der Waals surface area contributed by atoms with E-state index in [0.29, 0.717) is 11.7 Å². The molecule has 0 aliphatic carbocycles. The van der Waals surface area contributed by atoms with E-state index in [2.05, 4.69) is 4.98 Å². The van der Waals surface area contributed by atoms with Crippen LogP contribution in [0.1, 0.15) is 31.4 Å². The van der Waals surface area contributed by atoms with E-state index in [1.807, 2.05) is 13.8 Å². The Morgan fingerprint density at radius 2 is 2.21 bits per heavy atom. The van der Waals surface area contributed by atoms with Crippen molar-refractivity contribution in [1.82, 2.24) is 9.55 Å². The summed E-state index contributed by atoms with van der Waals surface area (Å²) in [6.07, 6.45) is 2.78. The molecule has 0 saturated carbocycles. The van der Waals surface area contributed by atoms with Gasteiger partial charge in [-0.1, -0.05) is 13.8 Å². The fraction of sp³-hybridized carbons (Fsp3) is 0.333. The standard InChI is InChI=1S/C12H13N3O4/c1-8(2)10-5-13-11(19-10)7-14-6-9(15(17)18)3-4-12(14)16/h3-6,8H,7H2,1-2H3. The molecule has 100 valence electrons. The van der Waals surface area contributed by atoms with E-state index in [1.165, 1.54) is 16.8 Å². The highest BCUT2D eigenvalue weighted by atomic mass is 16.6. The van der Waals surface area contributed by atoms with E-state index in [4.69, 9.17) is 4.42 Å². The van der Waals surface area contributed by atoms with Crippen LogP contribution < -0.4 is 5.56 Å². The minimum absolute atomic E-state index is 0.0766. The molecular formula is C12H13N3O4. The van der Waals surface area contributed by atoms with Crippen molar-refractivity contribution in [3.8, 4) is 0 Å². The Bertz CT molecular complexity index is 657. The number of rotatable bonds is 4. The predicted molar refractivity (Wildman–Crippen MR) is 67.1 cm³/mol. The Balaban J connectivity index is 2.29. The molecule has 0 aliphatic heterocycles. The largest absolute Gasteiger partial charge is 0.443 e. The van der Waals surface area contributed by atoms with E-state index in [1.54, 1.807) is 6.20 Å². The normalized spacial score (nSPS) is 10.9. The third-order valence-electron chi connectivity index (χ3n) is 2.62. The minimum Gasteiger partial charge on any atom is -0.443 e. The monoisotopic (exact) mass is 263 g/mol. The maximum absolute atomic E-state index is 11.6. The van der Waals surface area contributed by atoms with Crippen molar-refractivity contribution in [2.45, 2.75) is 26.3 Å². The first-order chi connectivity index (χ1) is 8.97. The molecule has 7 nitrogen and oxygen atoms in total. The quantitative estimate of drug-likeness (QED) is 0.620. The van der Waals surface area contributed by atoms with Crippen molar-refractivity contribution in [2.24, 2.45) is 0 Å². The molecule has 0 radical (unpaired) electrons. The fourth-order valence-corrected chi connectivity index (χ4v) is 1.56. The summed E-state index contributed by atoms with van der Waals surface area (Å²) in [5, 5.41) is 10.7. The number of hydrogen-bond donors (Lipinski definition) is 0. The summed E-state index contributed by atoms with van der Waals surface area (Å²) in [6.45, 7) is 4.00. The van der Waals surface area contributed by atoms with Crippen molar-refractivity contribution >= 4 is 5.69 Å². The van der Waals surface area contributed by atoms with Gasteiger partial charge in [-0.25, -0.2) is 4.98 Å². The molecule has 2 heterocycles. The van der Waals surface area contributed by atoms with Crippen LogP contribution in [-0.4, -0.2) is 14.5 Å². The first-order valence-electron chi connectivity index (χ1n) is 5.77. The molecule has 2 rings (SSSR count). The van der Waals surface area contributed by atoms with Crippen LogP contribution in [0.4, 0.5) is 5.69 Å². The molecule has 0 N–H and O–H groups in total. The highest BCUT2D eigenvalue weighted by Gasteiger charge is 2.11. The summed E-state index contributed by atoms with van der Waals surface area (Å²) in [5.74, 6) is 1.27. The minimum atomic E-state index is -0.551. The van der Waals surface area contributed by atoms with Crippen molar-refractivity contribution in [3.05, 3.63) is 56.6 Å². The Kier molecular flexibility index (Phi) is 3.46. The zero-order valence-corrected chi connectivity index (χ0v) is 10.6. The van der Waals surface area contributed by atoms with Gasteiger partial charge in [0.25, 0.3) is 11.2 Å². The van der Waals surface area contributed by atoms with Crippen molar-refractivity contribution in [2.75, 3.05) is 0 Å². The van der Waals surface area contributed by atoms with Gasteiger partial charge in [-0.15, -0.1) is 0 Å². The van der Waals surface area contributed by atoms with E-state index >= 15 is 0 Å². The molecule has 7 heteroatoms. The Hall–Kier alpha value is -2.44. The molecule has 0 aliphatic rings. The van der Waals surface area contributed by atoms with Gasteiger partial charge in [-0.3, -0.25) is 19.5 Å². The molecule has 0 unspecified atom stereocenters. The van der Waals surface area contributed by atoms with Gasteiger partial charge in [0.1, 0.15) is 12.3 Å². The van der Waals surface area contributed by atoms with Crippen LogP contribution in [-0.2, 0) is 6.54 Å². The molecule has 2 aromatic rings. The number of oxazole rings is 1. The maximum Gasteiger partial charge on any atom is 0.285 e. The summed E-state index contributed by atoms with van der Waals surface area (Å²) in [7, 11) is 0. The van der Waals surface area contributed by atoms with Crippen LogP contribution in [0.25, 0.3) is 0 Å². The van der Waals surface area contributed by atoms with Gasteiger partial charge < -0.3 is 4.42 Å². The van der Waals surface area contributed by atoms with Gasteiger partial charge in [0.05, 0.1) is 17.3 Å². The lowest BCUT2D eigenvalue weighted by atomic mass is 10.2. The van der Waals surface area contributed by atoms with Gasteiger partial charge in [0.15, 0.2) is 0 Å². The van der Waals surface area contributed by atoms with Crippen molar-refractivity contribution < 1.29 is 9.34 Å². The SMILES string of the molecule is CC(C)c1cnc(Cn2cc([N+](=O)[O-])ccc2=O)o1. The fourth-order valence-electron chi connectivity index (χ4n) is 1.56. The van der Waals surface area contributed by atoms with Crippen LogP contribution in [0.3, 0.4) is 0 Å². The summed E-state index contributed by atoms with van der Waals surface area (Å²) in [4.78, 5) is 25.8. The summed E-state index contributed by atoms with van der Waals surface area (Å²) < 4.78 is 6.67. The third-order valence-corrected chi connectivity index (χ3v) is 2.62. The second-order valence-corrected chi connectivity index (χ2v) is 4.42. The summed E-state index contributed by atoms with van der Waals surface area (Å²) >= 11 is 0. The molecule has 0 atom stereocenters. The molecule has 0 fully saturated rings. The lowest BCUT2D eigenvalue weighted by Gasteiger charge is -2.02. The number of nitro groups is 1. The first-order valence-corrected chi connectivity index (χ1v) is 5.77. The van der Waals surface area contributed by atoms with Gasteiger partial charge in [0, 0.05) is 18.1 Å². The Labute approximate surface area is 108 Å². The highest BCUT2D eigenvalue weighted by Crippen LogP contribution is 2.15. The van der Waals surface area contributed by atoms with Crippen molar-refractivity contribution in [1.29, 1.82) is 0 Å². The predicted octanol–water partition coefficient (Wildman–Crippen LogP) is 1.92. The molecule has 0 aromatic carbocycles. The van der Waals surface area contributed by atoms with Crippen LogP contribution in [0.2, 0.25) is 0 Å². The molecular weight excluding hydrogens is 250 g/mol. The van der Waals surface area contributed by atoms with Crippen LogP contribution >= 0.6 is 0 Å². The van der Waals surface area contributed by atoms with E-state index in [0.717, 1.165) is 6.07 Å². The van der Waals surface area contributed by atoms with Crippen LogP contribution in [0, 0.1) is 10.1 Å².